The number of anilines is 1. The second-order valence-corrected chi connectivity index (χ2v) is 3.66. The minimum atomic E-state index is -0.889. The zero-order valence-corrected chi connectivity index (χ0v) is 11.4. The number of carboxylic acids is 1. The molecule has 0 atom stereocenters. The average molecular weight is 345 g/mol. The van der Waals surface area contributed by atoms with E-state index in [1.54, 1.807) is 23.4 Å². The van der Waals surface area contributed by atoms with Crippen molar-refractivity contribution in [2.75, 3.05) is 18.9 Å². The van der Waals surface area contributed by atoms with Crippen molar-refractivity contribution in [2.45, 2.75) is 0 Å². The summed E-state index contributed by atoms with van der Waals surface area (Å²) in [7, 11) is 1.68. The molecule has 0 saturated heterocycles. The van der Waals surface area contributed by atoms with Gasteiger partial charge in [-0.15, -0.1) is 0 Å². The molecule has 0 fully saturated rings. The predicted octanol–water partition coefficient (Wildman–Crippen LogP) is 2.02. The molecule has 1 rings (SSSR count). The van der Waals surface area contributed by atoms with Crippen molar-refractivity contribution in [3.8, 4) is 0 Å². The maximum Gasteiger partial charge on any atom is 0.322 e. The minimum Gasteiger partial charge on any atom is -0.480 e. The Morgan fingerprint density at radius 2 is 2.12 bits per heavy atom. The van der Waals surface area contributed by atoms with E-state index in [-0.39, 0.29) is 6.54 Å². The van der Waals surface area contributed by atoms with E-state index in [1.165, 1.54) is 0 Å². The Morgan fingerprint density at radius 1 is 1.47 bits per heavy atom. The van der Waals surface area contributed by atoms with Gasteiger partial charge in [0.2, 0.25) is 0 Å². The van der Waals surface area contributed by atoms with Gasteiger partial charge >= 0.3 is 5.97 Å². The second kappa shape index (κ2) is 7.00. The second-order valence-electron chi connectivity index (χ2n) is 3.10. The quantitative estimate of drug-likeness (QED) is 0.498. The van der Waals surface area contributed by atoms with Gasteiger partial charge in [0, 0.05) is 18.3 Å². The fourth-order valence-electron chi connectivity index (χ4n) is 1.22. The number of carbonyl (C=O) groups is 1. The topological polar surface area (TPSA) is 74.0 Å². The lowest BCUT2D eigenvalue weighted by atomic mass is 10.2. The molecule has 1 aromatic rings. The Bertz CT molecular complexity index is 441. The molecule has 0 spiro atoms. The summed E-state index contributed by atoms with van der Waals surface area (Å²) in [6.07, 6.45) is 0. The lowest BCUT2D eigenvalue weighted by Gasteiger charge is -2.04. The van der Waals surface area contributed by atoms with E-state index in [1.807, 2.05) is 34.7 Å². The first-order valence-corrected chi connectivity index (χ1v) is 6.07. The summed E-state index contributed by atoms with van der Waals surface area (Å²) >= 11 is 2.03. The molecule has 0 radical (unpaired) electrons. The van der Waals surface area contributed by atoms with E-state index in [9.17, 15) is 4.79 Å². The molecule has 0 unspecified atom stereocenters. The van der Waals surface area contributed by atoms with E-state index in [2.05, 4.69) is 15.3 Å². The van der Waals surface area contributed by atoms with Crippen molar-refractivity contribution in [1.29, 1.82) is 0 Å². The Balaban J connectivity index is 2.77. The Hall–Kier alpha value is -1.44. The molecule has 0 heterocycles. The monoisotopic (exact) mass is 345 g/mol. The molecule has 6 heteroatoms. The number of carboxylic acid groups (broad SMARTS) is 1. The molecular weight excluding hydrogens is 333 g/mol. The summed E-state index contributed by atoms with van der Waals surface area (Å²) in [6, 6.07) is 7.28. The van der Waals surface area contributed by atoms with Crippen LogP contribution in [0.15, 0.2) is 34.3 Å². The SMILES string of the molecule is C/N=C(\N=C/I)c1ccc(NCC(=O)O)cc1. The molecule has 0 aliphatic rings. The fraction of sp³-hybridized carbons (Fsp3) is 0.182. The molecule has 0 amide bonds. The molecule has 2 N–H and O–H groups in total. The van der Waals surface area contributed by atoms with E-state index in [0.717, 1.165) is 11.3 Å². The summed E-state index contributed by atoms with van der Waals surface area (Å²) in [6.45, 7) is -0.0972. The van der Waals surface area contributed by atoms with Gasteiger partial charge < -0.3 is 10.4 Å². The van der Waals surface area contributed by atoms with Crippen LogP contribution in [-0.2, 0) is 4.79 Å². The van der Waals surface area contributed by atoms with Crippen molar-refractivity contribution in [3.63, 3.8) is 0 Å². The number of benzene rings is 1. The van der Waals surface area contributed by atoms with Crippen LogP contribution in [-0.4, -0.2) is 34.7 Å². The van der Waals surface area contributed by atoms with Crippen LogP contribution in [0, 0.1) is 0 Å². The van der Waals surface area contributed by atoms with Crippen LogP contribution in [0.25, 0.3) is 0 Å². The van der Waals surface area contributed by atoms with Crippen molar-refractivity contribution in [3.05, 3.63) is 29.8 Å². The summed E-state index contributed by atoms with van der Waals surface area (Å²) < 4.78 is 1.65. The van der Waals surface area contributed by atoms with Crippen molar-refractivity contribution in [1.82, 2.24) is 0 Å². The zero-order chi connectivity index (χ0) is 12.7. The first-order chi connectivity index (χ1) is 8.17. The van der Waals surface area contributed by atoms with Crippen molar-refractivity contribution >= 4 is 44.3 Å². The molecule has 90 valence electrons. The highest BCUT2D eigenvalue weighted by Crippen LogP contribution is 2.10. The summed E-state index contributed by atoms with van der Waals surface area (Å²) in [5, 5.41) is 11.3. The average Bonchev–Trinajstić information content (AvgIpc) is 2.34. The number of rotatable bonds is 4. The molecule has 0 aliphatic carbocycles. The third-order valence-corrected chi connectivity index (χ3v) is 2.25. The van der Waals surface area contributed by atoms with E-state index >= 15 is 0 Å². The normalized spacial score (nSPS) is 11.8. The Morgan fingerprint density at radius 3 is 2.59 bits per heavy atom. The van der Waals surface area contributed by atoms with Crippen LogP contribution in [0.1, 0.15) is 5.56 Å². The van der Waals surface area contributed by atoms with Gasteiger partial charge in [0.05, 0.1) is 4.22 Å². The number of aliphatic carboxylic acids is 1. The van der Waals surface area contributed by atoms with Gasteiger partial charge in [0.1, 0.15) is 6.54 Å². The highest BCUT2D eigenvalue weighted by atomic mass is 127. The largest absolute Gasteiger partial charge is 0.480 e. The third-order valence-electron chi connectivity index (χ3n) is 1.97. The number of hydrogen-bond acceptors (Lipinski definition) is 3. The first-order valence-electron chi connectivity index (χ1n) is 4.83. The molecular formula is C11H12IN3O2. The van der Waals surface area contributed by atoms with Crippen LogP contribution >= 0.6 is 22.6 Å². The summed E-state index contributed by atoms with van der Waals surface area (Å²) in [4.78, 5) is 18.5. The molecule has 0 aromatic heterocycles. The maximum atomic E-state index is 10.4. The zero-order valence-electron chi connectivity index (χ0n) is 9.22. The Labute approximate surface area is 113 Å². The van der Waals surface area contributed by atoms with Gasteiger partial charge in [-0.3, -0.25) is 9.79 Å². The molecule has 17 heavy (non-hydrogen) atoms. The number of aliphatic imine (C=N–C) groups is 2. The smallest absolute Gasteiger partial charge is 0.322 e. The molecule has 0 bridgehead atoms. The standard InChI is InChI=1S/C11H12IN3O2/c1-13-11(15-7-12)8-2-4-9(5-3-8)14-6-10(16)17/h2-5,7,14H,6H2,1H3,(H,16,17)/b13-11-,15-7-. The van der Waals surface area contributed by atoms with Crippen molar-refractivity contribution in [2.24, 2.45) is 9.98 Å². The highest BCUT2D eigenvalue weighted by Gasteiger charge is 2.01. The molecule has 5 nitrogen and oxygen atoms in total. The van der Waals surface area contributed by atoms with Crippen LogP contribution < -0.4 is 5.32 Å². The lowest BCUT2D eigenvalue weighted by Crippen LogP contribution is -2.12. The number of amidine groups is 1. The first kappa shape index (κ1) is 13.6. The summed E-state index contributed by atoms with van der Waals surface area (Å²) in [5.74, 6) is -0.247. The van der Waals surface area contributed by atoms with Crippen LogP contribution in [0.4, 0.5) is 5.69 Å². The van der Waals surface area contributed by atoms with Crippen LogP contribution in [0.2, 0.25) is 0 Å². The molecule has 0 aliphatic heterocycles. The van der Waals surface area contributed by atoms with Crippen LogP contribution in [0.5, 0.6) is 0 Å². The molecule has 0 saturated carbocycles. The number of nitrogens with zero attached hydrogens (tertiary/aromatic N) is 2. The summed E-state index contributed by atoms with van der Waals surface area (Å²) in [5.41, 5.74) is 1.64. The number of halogens is 1. The van der Waals surface area contributed by atoms with Gasteiger partial charge in [-0.05, 0) is 46.9 Å². The lowest BCUT2D eigenvalue weighted by molar-refractivity contribution is -0.134. The number of hydrogen-bond donors (Lipinski definition) is 2. The highest BCUT2D eigenvalue weighted by molar-refractivity contribution is 14.1. The van der Waals surface area contributed by atoms with Gasteiger partial charge in [-0.1, -0.05) is 0 Å². The fourth-order valence-corrected chi connectivity index (χ4v) is 1.49. The van der Waals surface area contributed by atoms with Gasteiger partial charge in [-0.2, -0.15) is 0 Å². The molecule has 1 aromatic carbocycles. The van der Waals surface area contributed by atoms with E-state index < -0.39 is 5.97 Å². The van der Waals surface area contributed by atoms with E-state index in [4.69, 9.17) is 5.11 Å². The van der Waals surface area contributed by atoms with Gasteiger partial charge in [0.25, 0.3) is 0 Å². The number of nitrogens with one attached hydrogen (secondary N) is 1. The Kier molecular flexibility index (Phi) is 5.61. The third kappa shape index (κ3) is 4.51. The van der Waals surface area contributed by atoms with Crippen molar-refractivity contribution < 1.29 is 9.90 Å². The van der Waals surface area contributed by atoms with Crippen LogP contribution in [0.3, 0.4) is 0 Å². The minimum absolute atomic E-state index is 0.0972. The van der Waals surface area contributed by atoms with Gasteiger partial charge in [-0.25, -0.2) is 4.99 Å². The maximum absolute atomic E-state index is 10.4. The van der Waals surface area contributed by atoms with Gasteiger partial charge in [0.15, 0.2) is 5.84 Å². The predicted molar refractivity (Wildman–Crippen MR) is 77.5 cm³/mol. The van der Waals surface area contributed by atoms with E-state index in [0.29, 0.717) is 5.84 Å².